The molecule has 0 amide bonds. The Hall–Kier alpha value is -6.38. The van der Waals surface area contributed by atoms with E-state index in [9.17, 15) is 0 Å². The maximum Gasteiger partial charge on any atom is 0.0541 e. The average molecular weight is 721 g/mol. The van der Waals surface area contributed by atoms with E-state index in [-0.39, 0.29) is 0 Å². The van der Waals surface area contributed by atoms with Gasteiger partial charge in [0, 0.05) is 33.2 Å². The molecule has 0 bridgehead atoms. The van der Waals surface area contributed by atoms with Gasteiger partial charge in [0.2, 0.25) is 0 Å². The van der Waals surface area contributed by atoms with E-state index in [4.69, 9.17) is 0 Å². The summed E-state index contributed by atoms with van der Waals surface area (Å²) in [6.45, 7) is 0. The second-order valence-corrected chi connectivity index (χ2v) is 15.8. The van der Waals surface area contributed by atoms with Crippen molar-refractivity contribution in [3.05, 3.63) is 186 Å². The standard InChI is InChI=1S/C54H44N2/c1-4-14-37(15-5-1)40-24-28-45(29-25-40)55-51-22-12-10-20-47(51)49-35-41(26-30-53(49)55)42-27-31-54-50(36-42)48-21-11-13-23-52(48)56(54)46-33-43(38-16-6-2-7-17-38)32-44(34-46)39-18-8-3-9-19-39/h1-2,4-6,11-16,18,21-36H,3,7-10,17,19-20H2. The van der Waals surface area contributed by atoms with Gasteiger partial charge in [-0.15, -0.1) is 0 Å². The highest BCUT2D eigenvalue weighted by atomic mass is 15.0. The number of benzene rings is 6. The molecule has 11 rings (SSSR count). The summed E-state index contributed by atoms with van der Waals surface area (Å²) in [5.41, 5.74) is 19.6. The molecule has 0 unspecified atom stereocenters. The van der Waals surface area contributed by atoms with Crippen LogP contribution in [-0.4, -0.2) is 9.13 Å². The fourth-order valence-corrected chi connectivity index (χ4v) is 9.61. The van der Waals surface area contributed by atoms with Gasteiger partial charge in [0.15, 0.2) is 0 Å². The van der Waals surface area contributed by atoms with Crippen molar-refractivity contribution in [2.24, 2.45) is 0 Å². The van der Waals surface area contributed by atoms with E-state index in [2.05, 4.69) is 179 Å². The number of hydrogen-bond donors (Lipinski definition) is 0. The minimum Gasteiger partial charge on any atom is -0.310 e. The Labute approximate surface area is 329 Å². The molecule has 6 aromatic carbocycles. The zero-order valence-corrected chi connectivity index (χ0v) is 31.7. The Kier molecular flexibility index (Phi) is 8.09. The van der Waals surface area contributed by atoms with Crippen LogP contribution in [0.4, 0.5) is 0 Å². The maximum atomic E-state index is 2.51. The third-order valence-electron chi connectivity index (χ3n) is 12.4. The molecule has 0 atom stereocenters. The van der Waals surface area contributed by atoms with E-state index < -0.39 is 0 Å². The van der Waals surface area contributed by atoms with Crippen molar-refractivity contribution in [1.29, 1.82) is 0 Å². The number of nitrogens with zero attached hydrogens (tertiary/aromatic N) is 2. The molecular weight excluding hydrogens is 677 g/mol. The van der Waals surface area contributed by atoms with Crippen molar-refractivity contribution in [2.75, 3.05) is 0 Å². The van der Waals surface area contributed by atoms with Gasteiger partial charge in [-0.05, 0) is 168 Å². The minimum absolute atomic E-state index is 1.05. The first kappa shape index (κ1) is 33.0. The smallest absolute Gasteiger partial charge is 0.0541 e. The zero-order valence-electron chi connectivity index (χ0n) is 31.7. The van der Waals surface area contributed by atoms with Gasteiger partial charge in [0.1, 0.15) is 0 Å². The van der Waals surface area contributed by atoms with Gasteiger partial charge >= 0.3 is 0 Å². The molecule has 0 spiro atoms. The van der Waals surface area contributed by atoms with Crippen LogP contribution in [0, 0.1) is 0 Å². The predicted molar refractivity (Wildman–Crippen MR) is 239 cm³/mol. The third kappa shape index (κ3) is 5.63. The van der Waals surface area contributed by atoms with Crippen molar-refractivity contribution in [3.63, 3.8) is 0 Å². The van der Waals surface area contributed by atoms with E-state index in [1.165, 1.54) is 119 Å². The number of para-hydroxylation sites is 1. The van der Waals surface area contributed by atoms with Crippen LogP contribution in [0.2, 0.25) is 0 Å². The van der Waals surface area contributed by atoms with Crippen LogP contribution in [0.1, 0.15) is 67.3 Å². The molecule has 0 saturated heterocycles. The SMILES string of the molecule is C1=CCCC(c2cc(C3=CCCCC3)cc(-n3c4ccccc4c4cc(-c5ccc6c(c5)c5c(n6-c6ccc(-c7ccccc7)cc6)C=CCC5)ccc43)c2)=C1. The highest BCUT2D eigenvalue weighted by Crippen LogP contribution is 2.41. The lowest BCUT2D eigenvalue weighted by Crippen LogP contribution is -2.00. The first-order chi connectivity index (χ1) is 27.8. The summed E-state index contributed by atoms with van der Waals surface area (Å²) >= 11 is 0. The predicted octanol–water partition coefficient (Wildman–Crippen LogP) is 14.7. The number of aromatic nitrogens is 2. The molecule has 0 fully saturated rings. The molecular formula is C54H44N2. The van der Waals surface area contributed by atoms with Gasteiger partial charge < -0.3 is 9.13 Å². The van der Waals surface area contributed by atoms with Crippen molar-refractivity contribution in [3.8, 4) is 33.6 Å². The third-order valence-corrected chi connectivity index (χ3v) is 12.4. The number of aryl methyl sites for hydroxylation is 1. The van der Waals surface area contributed by atoms with Crippen LogP contribution in [0.15, 0.2) is 164 Å². The van der Waals surface area contributed by atoms with Gasteiger partial charge in [-0.25, -0.2) is 0 Å². The molecule has 3 aliphatic rings. The topological polar surface area (TPSA) is 9.86 Å². The zero-order chi connectivity index (χ0) is 37.0. The Morgan fingerprint density at radius 1 is 0.411 bits per heavy atom. The molecule has 2 heteroatoms. The van der Waals surface area contributed by atoms with E-state index >= 15 is 0 Å². The largest absolute Gasteiger partial charge is 0.310 e. The molecule has 8 aromatic rings. The fraction of sp³-hybridized carbons (Fsp3) is 0.148. The molecule has 0 N–H and O–H groups in total. The second kappa shape index (κ2) is 13.7. The van der Waals surface area contributed by atoms with Crippen LogP contribution >= 0.6 is 0 Å². The lowest BCUT2D eigenvalue weighted by Gasteiger charge is -2.19. The Morgan fingerprint density at radius 3 is 1.89 bits per heavy atom. The molecule has 0 aliphatic heterocycles. The molecule has 2 nitrogen and oxygen atoms in total. The van der Waals surface area contributed by atoms with Gasteiger partial charge in [0.25, 0.3) is 0 Å². The van der Waals surface area contributed by atoms with Crippen LogP contribution in [0.5, 0.6) is 0 Å². The fourth-order valence-electron chi connectivity index (χ4n) is 9.61. The molecule has 0 radical (unpaired) electrons. The Bertz CT molecular complexity index is 2940. The maximum absolute atomic E-state index is 2.51. The molecule has 0 saturated carbocycles. The summed E-state index contributed by atoms with van der Waals surface area (Å²) in [7, 11) is 0. The van der Waals surface area contributed by atoms with Crippen molar-refractivity contribution >= 4 is 49.9 Å². The minimum atomic E-state index is 1.05. The second-order valence-electron chi connectivity index (χ2n) is 15.8. The Morgan fingerprint density at radius 2 is 1.11 bits per heavy atom. The van der Waals surface area contributed by atoms with Gasteiger partial charge in [0.05, 0.1) is 16.6 Å². The van der Waals surface area contributed by atoms with Crippen LogP contribution in [-0.2, 0) is 6.42 Å². The lowest BCUT2D eigenvalue weighted by atomic mass is 9.89. The molecule has 2 aromatic heterocycles. The molecule has 56 heavy (non-hydrogen) atoms. The Balaban J connectivity index is 1.04. The van der Waals surface area contributed by atoms with Crippen molar-refractivity contribution < 1.29 is 0 Å². The average Bonchev–Trinajstić information content (AvgIpc) is 3.79. The quantitative estimate of drug-likeness (QED) is 0.162. The summed E-state index contributed by atoms with van der Waals surface area (Å²) in [6.07, 6.45) is 23.2. The van der Waals surface area contributed by atoms with E-state index in [0.29, 0.717) is 0 Å². The van der Waals surface area contributed by atoms with Crippen molar-refractivity contribution in [2.45, 2.75) is 51.4 Å². The molecule has 270 valence electrons. The van der Waals surface area contributed by atoms with Crippen LogP contribution < -0.4 is 0 Å². The highest BCUT2D eigenvalue weighted by Gasteiger charge is 2.21. The first-order valence-corrected chi connectivity index (χ1v) is 20.5. The number of allylic oxidation sites excluding steroid dienone is 7. The van der Waals surface area contributed by atoms with E-state index in [1.54, 1.807) is 0 Å². The summed E-state index contributed by atoms with van der Waals surface area (Å²) in [6, 6.07) is 50.3. The highest BCUT2D eigenvalue weighted by molar-refractivity contribution is 6.11. The van der Waals surface area contributed by atoms with Crippen LogP contribution in [0.3, 0.4) is 0 Å². The van der Waals surface area contributed by atoms with Gasteiger partial charge in [-0.3, -0.25) is 0 Å². The summed E-state index contributed by atoms with van der Waals surface area (Å²) in [5, 5.41) is 3.94. The summed E-state index contributed by atoms with van der Waals surface area (Å²) < 4.78 is 4.97. The number of fused-ring (bicyclic) bond motifs is 6. The summed E-state index contributed by atoms with van der Waals surface area (Å²) in [5.74, 6) is 0. The van der Waals surface area contributed by atoms with Gasteiger partial charge in [-0.1, -0.05) is 103 Å². The van der Waals surface area contributed by atoms with Crippen LogP contribution in [0.25, 0.3) is 83.6 Å². The summed E-state index contributed by atoms with van der Waals surface area (Å²) in [4.78, 5) is 0. The van der Waals surface area contributed by atoms with E-state index in [1.807, 2.05) is 0 Å². The van der Waals surface area contributed by atoms with E-state index in [0.717, 1.165) is 32.1 Å². The normalized spacial score (nSPS) is 15.4. The lowest BCUT2D eigenvalue weighted by molar-refractivity contribution is 0.742. The molecule has 2 heterocycles. The number of rotatable bonds is 6. The monoisotopic (exact) mass is 720 g/mol. The number of hydrogen-bond acceptors (Lipinski definition) is 0. The first-order valence-electron chi connectivity index (χ1n) is 20.5. The van der Waals surface area contributed by atoms with Crippen molar-refractivity contribution in [1.82, 2.24) is 9.13 Å². The van der Waals surface area contributed by atoms with Gasteiger partial charge in [-0.2, -0.15) is 0 Å². The molecule has 3 aliphatic carbocycles.